The highest BCUT2D eigenvalue weighted by Gasteiger charge is 2.22. The second-order valence-electron chi connectivity index (χ2n) is 10.1. The van der Waals surface area contributed by atoms with Crippen LogP contribution in [0.1, 0.15) is 51.0 Å². The predicted molar refractivity (Wildman–Crippen MR) is 134 cm³/mol. The second kappa shape index (κ2) is 10.1. The lowest BCUT2D eigenvalue weighted by molar-refractivity contribution is 0.0480. The first-order valence-corrected chi connectivity index (χ1v) is 12.6. The predicted octanol–water partition coefficient (Wildman–Crippen LogP) is 4.82. The molecular weight excluding hydrogens is 426 g/mol. The summed E-state index contributed by atoms with van der Waals surface area (Å²) in [6, 6.07) is 10.4. The molecule has 1 saturated carbocycles. The highest BCUT2D eigenvalue weighted by atomic mass is 16.5. The van der Waals surface area contributed by atoms with Crippen molar-refractivity contribution >= 4 is 5.95 Å². The van der Waals surface area contributed by atoms with Gasteiger partial charge in [0, 0.05) is 37.5 Å². The van der Waals surface area contributed by atoms with E-state index >= 15 is 0 Å². The van der Waals surface area contributed by atoms with Gasteiger partial charge in [0.05, 0.1) is 23.7 Å². The van der Waals surface area contributed by atoms with Crippen molar-refractivity contribution in [1.82, 2.24) is 19.1 Å². The fourth-order valence-electron chi connectivity index (χ4n) is 5.21. The molecule has 7 heteroatoms. The van der Waals surface area contributed by atoms with E-state index in [0.717, 1.165) is 60.8 Å². The molecule has 34 heavy (non-hydrogen) atoms. The lowest BCUT2D eigenvalue weighted by atomic mass is 9.87. The molecule has 2 fully saturated rings. The smallest absolute Gasteiger partial charge is 0.333 e. The number of nitrogens with zero attached hydrogens (tertiary/aromatic N) is 4. The summed E-state index contributed by atoms with van der Waals surface area (Å²) < 4.78 is 9.27. The number of aryl methyl sites for hydroxylation is 1. The largest absolute Gasteiger partial charge is 0.381 e. The number of aromatic nitrogens is 4. The van der Waals surface area contributed by atoms with Gasteiger partial charge < -0.3 is 10.1 Å². The highest BCUT2D eigenvalue weighted by Crippen LogP contribution is 2.27. The molecule has 0 spiro atoms. The van der Waals surface area contributed by atoms with Gasteiger partial charge in [0.15, 0.2) is 0 Å². The summed E-state index contributed by atoms with van der Waals surface area (Å²) in [5.74, 6) is 1.78. The minimum atomic E-state index is -0.0411. The topological polar surface area (TPSA) is 74.0 Å². The Morgan fingerprint density at radius 3 is 2.76 bits per heavy atom. The van der Waals surface area contributed by atoms with Gasteiger partial charge in [-0.3, -0.25) is 9.13 Å². The maximum absolute atomic E-state index is 13.6. The summed E-state index contributed by atoms with van der Waals surface area (Å²) in [5, 5.41) is 3.53. The van der Waals surface area contributed by atoms with E-state index < -0.39 is 0 Å². The standard InChI is InChI=1S/C27H35N5O2/c1-19-8-10-22(11-9-19)29-26-28-13-12-24(30-26)25-17-31(16-21-6-4-14-34-18-21)27(33)32(25)23-7-3-5-20(2)15-23/h3,5,7,12-13,15,17,19,21-22H,4,6,8-11,14,16,18H2,1-2H3,(H,28,29,30)/t19-,21?,22-. The molecule has 7 nitrogen and oxygen atoms in total. The van der Waals surface area contributed by atoms with Gasteiger partial charge in [0.25, 0.3) is 0 Å². The van der Waals surface area contributed by atoms with E-state index in [2.05, 4.69) is 17.2 Å². The van der Waals surface area contributed by atoms with Gasteiger partial charge in [-0.15, -0.1) is 0 Å². The Balaban J connectivity index is 1.49. The number of hydrogen-bond acceptors (Lipinski definition) is 5. The van der Waals surface area contributed by atoms with Crippen LogP contribution in [0.3, 0.4) is 0 Å². The molecule has 1 unspecified atom stereocenters. The first-order valence-electron chi connectivity index (χ1n) is 12.6. The van der Waals surface area contributed by atoms with Crippen molar-refractivity contribution in [3.63, 3.8) is 0 Å². The summed E-state index contributed by atoms with van der Waals surface area (Å²) in [7, 11) is 0. The first kappa shape index (κ1) is 22.8. The van der Waals surface area contributed by atoms with Gasteiger partial charge in [0.1, 0.15) is 0 Å². The molecule has 1 atom stereocenters. The monoisotopic (exact) mass is 461 g/mol. The van der Waals surface area contributed by atoms with Gasteiger partial charge in [-0.25, -0.2) is 14.8 Å². The van der Waals surface area contributed by atoms with E-state index in [1.54, 1.807) is 10.8 Å². The van der Waals surface area contributed by atoms with Gasteiger partial charge in [-0.1, -0.05) is 19.1 Å². The molecule has 180 valence electrons. The number of anilines is 1. The minimum Gasteiger partial charge on any atom is -0.381 e. The van der Waals surface area contributed by atoms with Crippen LogP contribution in [0.25, 0.3) is 17.1 Å². The molecule has 1 aromatic carbocycles. The normalized spacial score (nSPS) is 23.1. The molecule has 0 amide bonds. The van der Waals surface area contributed by atoms with Crippen molar-refractivity contribution in [2.45, 2.75) is 65.0 Å². The maximum atomic E-state index is 13.6. The van der Waals surface area contributed by atoms with Crippen LogP contribution in [-0.4, -0.2) is 38.4 Å². The summed E-state index contributed by atoms with van der Waals surface area (Å²) in [5.41, 5.74) is 3.46. The van der Waals surface area contributed by atoms with E-state index in [-0.39, 0.29) is 5.69 Å². The third-order valence-corrected chi connectivity index (χ3v) is 7.19. The Labute approximate surface area is 201 Å². The van der Waals surface area contributed by atoms with Crippen LogP contribution in [0.15, 0.2) is 47.5 Å². The quantitative estimate of drug-likeness (QED) is 0.570. The van der Waals surface area contributed by atoms with Gasteiger partial charge in [-0.2, -0.15) is 0 Å². The van der Waals surface area contributed by atoms with Crippen molar-refractivity contribution in [3.05, 3.63) is 58.8 Å². The molecule has 1 N–H and O–H groups in total. The van der Waals surface area contributed by atoms with Crippen molar-refractivity contribution in [2.24, 2.45) is 11.8 Å². The molecule has 1 aliphatic carbocycles. The molecule has 5 rings (SSSR count). The first-order chi connectivity index (χ1) is 16.6. The summed E-state index contributed by atoms with van der Waals surface area (Å²) in [6.07, 6.45) is 10.6. The van der Waals surface area contributed by atoms with Crippen LogP contribution >= 0.6 is 0 Å². The van der Waals surface area contributed by atoms with Gasteiger partial charge >= 0.3 is 5.69 Å². The van der Waals surface area contributed by atoms with E-state index in [9.17, 15) is 4.79 Å². The highest BCUT2D eigenvalue weighted by molar-refractivity contribution is 5.59. The number of benzene rings is 1. The van der Waals surface area contributed by atoms with Crippen LogP contribution in [0.2, 0.25) is 0 Å². The molecular formula is C27H35N5O2. The van der Waals surface area contributed by atoms with Gasteiger partial charge in [0.2, 0.25) is 5.95 Å². The molecule has 2 aromatic heterocycles. The number of imidazole rings is 1. The number of hydrogen-bond donors (Lipinski definition) is 1. The maximum Gasteiger partial charge on any atom is 0.333 e. The van der Waals surface area contributed by atoms with Crippen LogP contribution in [0, 0.1) is 18.8 Å². The SMILES string of the molecule is Cc1cccc(-n2c(-c3ccnc(N[C@H]4CC[C@H](C)CC4)n3)cn(CC3CCCOC3)c2=O)c1. The van der Waals surface area contributed by atoms with Crippen LogP contribution in [0.4, 0.5) is 5.95 Å². The molecule has 2 aliphatic rings. The summed E-state index contributed by atoms with van der Waals surface area (Å²) >= 11 is 0. The van der Waals surface area contributed by atoms with Crippen molar-refractivity contribution in [3.8, 4) is 17.1 Å². The fraction of sp³-hybridized carbons (Fsp3) is 0.519. The van der Waals surface area contributed by atoms with Crippen molar-refractivity contribution in [2.75, 3.05) is 18.5 Å². The Bertz CT molecular complexity index is 1170. The Hall–Kier alpha value is -2.93. The fourth-order valence-corrected chi connectivity index (χ4v) is 5.21. The summed E-state index contributed by atoms with van der Waals surface area (Å²) in [4.78, 5) is 22.9. The average Bonchev–Trinajstić information content (AvgIpc) is 3.17. The van der Waals surface area contributed by atoms with Crippen LogP contribution < -0.4 is 11.0 Å². The lowest BCUT2D eigenvalue weighted by Crippen LogP contribution is -2.29. The molecule has 3 heterocycles. The van der Waals surface area contributed by atoms with Crippen LogP contribution in [0.5, 0.6) is 0 Å². The molecule has 1 aliphatic heterocycles. The number of ether oxygens (including phenoxy) is 1. The zero-order valence-corrected chi connectivity index (χ0v) is 20.2. The van der Waals surface area contributed by atoms with E-state index in [0.29, 0.717) is 31.1 Å². The molecule has 0 radical (unpaired) electrons. The Morgan fingerprint density at radius 2 is 2.00 bits per heavy atom. The Kier molecular flexibility index (Phi) is 6.81. The lowest BCUT2D eigenvalue weighted by Gasteiger charge is -2.26. The molecule has 3 aromatic rings. The van der Waals surface area contributed by atoms with E-state index in [4.69, 9.17) is 9.72 Å². The zero-order chi connectivity index (χ0) is 23.5. The third-order valence-electron chi connectivity index (χ3n) is 7.19. The minimum absolute atomic E-state index is 0.0411. The third kappa shape index (κ3) is 5.09. The van der Waals surface area contributed by atoms with E-state index in [1.165, 1.54) is 12.8 Å². The summed E-state index contributed by atoms with van der Waals surface area (Å²) in [6.45, 7) is 6.54. The van der Waals surface area contributed by atoms with E-state index in [1.807, 2.05) is 48.0 Å². The van der Waals surface area contributed by atoms with Crippen LogP contribution in [-0.2, 0) is 11.3 Å². The van der Waals surface area contributed by atoms with Crippen molar-refractivity contribution < 1.29 is 4.74 Å². The number of nitrogens with one attached hydrogen (secondary N) is 1. The van der Waals surface area contributed by atoms with Gasteiger partial charge in [-0.05, 0) is 75.1 Å². The molecule has 1 saturated heterocycles. The zero-order valence-electron chi connectivity index (χ0n) is 20.2. The Morgan fingerprint density at radius 1 is 1.15 bits per heavy atom. The molecule has 0 bridgehead atoms. The second-order valence-corrected chi connectivity index (χ2v) is 10.1. The average molecular weight is 462 g/mol. The number of rotatable bonds is 6. The van der Waals surface area contributed by atoms with Crippen molar-refractivity contribution in [1.29, 1.82) is 0 Å².